The molecule has 1 amide bonds. The molecular weight excluding hydrogens is 214 g/mol. The summed E-state index contributed by atoms with van der Waals surface area (Å²) in [6.07, 6.45) is 6.52. The molecule has 1 aliphatic carbocycles. The zero-order valence-electron chi connectivity index (χ0n) is 10.4. The van der Waals surface area contributed by atoms with Gasteiger partial charge in [0.2, 0.25) is 5.91 Å². The highest BCUT2D eigenvalue weighted by Crippen LogP contribution is 2.44. The Morgan fingerprint density at radius 2 is 2.24 bits per heavy atom. The topological polar surface area (TPSA) is 37.4 Å². The maximum Gasteiger partial charge on any atom is 0.233 e. The van der Waals surface area contributed by atoms with E-state index in [0.717, 1.165) is 25.0 Å². The fraction of sp³-hybridized carbons (Fsp3) is 0.571. The maximum atomic E-state index is 12.5. The van der Waals surface area contributed by atoms with Gasteiger partial charge < -0.3 is 4.90 Å². The molecule has 17 heavy (non-hydrogen) atoms. The van der Waals surface area contributed by atoms with E-state index in [1.165, 1.54) is 0 Å². The average molecular weight is 233 g/mol. The molecule has 1 aliphatic heterocycles. The molecule has 2 aliphatic rings. The Balaban J connectivity index is 2.30. The molecule has 0 aromatic heterocycles. The van der Waals surface area contributed by atoms with Gasteiger partial charge >= 0.3 is 0 Å². The van der Waals surface area contributed by atoms with Crippen molar-refractivity contribution in [2.45, 2.75) is 32.6 Å². The minimum atomic E-state index is -0.394. The van der Waals surface area contributed by atoms with E-state index in [-0.39, 0.29) is 11.7 Å². The number of hydrogen-bond acceptors (Lipinski definition) is 2. The molecule has 0 aromatic carbocycles. The van der Waals surface area contributed by atoms with Crippen molar-refractivity contribution in [2.75, 3.05) is 13.1 Å². The van der Waals surface area contributed by atoms with Crippen LogP contribution in [0.2, 0.25) is 0 Å². The van der Waals surface area contributed by atoms with Crippen molar-refractivity contribution in [3.05, 3.63) is 24.3 Å². The number of ketones is 1. The normalized spacial score (nSPS) is 29.5. The molecule has 0 saturated carbocycles. The predicted octanol–water partition coefficient (Wildman–Crippen LogP) is 2.09. The summed E-state index contributed by atoms with van der Waals surface area (Å²) in [5.41, 5.74) is 0.558. The fourth-order valence-corrected chi connectivity index (χ4v) is 3.00. The first kappa shape index (κ1) is 12.1. The molecule has 1 heterocycles. The van der Waals surface area contributed by atoms with Crippen LogP contribution in [0.25, 0.3) is 0 Å². The van der Waals surface area contributed by atoms with Crippen molar-refractivity contribution in [1.29, 1.82) is 0 Å². The quantitative estimate of drug-likeness (QED) is 0.685. The fourth-order valence-electron chi connectivity index (χ4n) is 3.00. The van der Waals surface area contributed by atoms with Crippen LogP contribution in [-0.4, -0.2) is 29.7 Å². The van der Waals surface area contributed by atoms with Gasteiger partial charge in [0.25, 0.3) is 0 Å². The third kappa shape index (κ3) is 1.94. The average Bonchev–Trinajstić information content (AvgIpc) is 2.29. The summed E-state index contributed by atoms with van der Waals surface area (Å²) >= 11 is 0. The second kappa shape index (κ2) is 4.47. The Morgan fingerprint density at radius 3 is 2.88 bits per heavy atom. The van der Waals surface area contributed by atoms with Gasteiger partial charge in [-0.05, 0) is 32.3 Å². The molecule has 1 saturated heterocycles. The van der Waals surface area contributed by atoms with Crippen LogP contribution in [0.5, 0.6) is 0 Å². The molecule has 92 valence electrons. The second-order valence-electron chi connectivity index (χ2n) is 5.02. The van der Waals surface area contributed by atoms with Crippen LogP contribution < -0.4 is 0 Å². The van der Waals surface area contributed by atoms with E-state index >= 15 is 0 Å². The summed E-state index contributed by atoms with van der Waals surface area (Å²) < 4.78 is 0. The summed E-state index contributed by atoms with van der Waals surface area (Å²) in [6, 6.07) is 0. The molecule has 3 heteroatoms. The third-order valence-electron chi connectivity index (χ3n) is 4.01. The lowest BCUT2D eigenvalue weighted by Crippen LogP contribution is -2.50. The number of likely N-dealkylation sites (tertiary alicyclic amines) is 1. The summed E-state index contributed by atoms with van der Waals surface area (Å²) in [5.74, 6) is 0.340. The van der Waals surface area contributed by atoms with Crippen LogP contribution in [0.1, 0.15) is 32.6 Å². The molecule has 1 fully saturated rings. The monoisotopic (exact) mass is 233 g/mol. The minimum Gasteiger partial charge on any atom is -0.338 e. The molecule has 0 radical (unpaired) electrons. The van der Waals surface area contributed by atoms with Crippen molar-refractivity contribution in [3.63, 3.8) is 0 Å². The first-order valence-corrected chi connectivity index (χ1v) is 6.22. The van der Waals surface area contributed by atoms with Crippen molar-refractivity contribution >= 4 is 11.7 Å². The zero-order valence-corrected chi connectivity index (χ0v) is 10.4. The van der Waals surface area contributed by atoms with Crippen LogP contribution in [0.4, 0.5) is 0 Å². The Labute approximate surface area is 102 Å². The summed E-state index contributed by atoms with van der Waals surface area (Å²) in [6.45, 7) is 7.04. The van der Waals surface area contributed by atoms with Crippen molar-refractivity contribution in [3.8, 4) is 0 Å². The molecule has 1 atom stereocenters. The van der Waals surface area contributed by atoms with Gasteiger partial charge in [-0.25, -0.2) is 0 Å². The van der Waals surface area contributed by atoms with Gasteiger partial charge in [0, 0.05) is 19.5 Å². The molecule has 1 spiro atoms. The first-order chi connectivity index (χ1) is 8.10. The molecule has 0 N–H and O–H groups in total. The van der Waals surface area contributed by atoms with Gasteiger partial charge in [-0.1, -0.05) is 11.6 Å². The number of nitrogens with zero attached hydrogens (tertiary/aromatic N) is 1. The van der Waals surface area contributed by atoms with Crippen molar-refractivity contribution in [1.82, 2.24) is 4.90 Å². The van der Waals surface area contributed by atoms with E-state index in [4.69, 9.17) is 0 Å². The number of amides is 1. The van der Waals surface area contributed by atoms with E-state index in [9.17, 15) is 9.59 Å². The Hall–Kier alpha value is -1.38. The number of piperidine rings is 1. The van der Waals surface area contributed by atoms with Crippen LogP contribution >= 0.6 is 0 Å². The van der Waals surface area contributed by atoms with Crippen molar-refractivity contribution in [2.24, 2.45) is 5.41 Å². The van der Waals surface area contributed by atoms with Crippen LogP contribution in [0, 0.1) is 5.41 Å². The van der Waals surface area contributed by atoms with E-state index < -0.39 is 5.41 Å². The third-order valence-corrected chi connectivity index (χ3v) is 4.01. The highest BCUT2D eigenvalue weighted by Gasteiger charge is 2.46. The van der Waals surface area contributed by atoms with E-state index in [2.05, 4.69) is 6.58 Å². The van der Waals surface area contributed by atoms with Gasteiger partial charge in [0.05, 0.1) is 5.41 Å². The van der Waals surface area contributed by atoms with Gasteiger partial charge in [-0.3, -0.25) is 9.59 Å². The second-order valence-corrected chi connectivity index (χ2v) is 5.02. The van der Waals surface area contributed by atoms with Crippen LogP contribution in [-0.2, 0) is 9.59 Å². The molecule has 0 bridgehead atoms. The summed E-state index contributed by atoms with van der Waals surface area (Å²) in [5, 5.41) is 0. The number of rotatable bonds is 2. The van der Waals surface area contributed by atoms with Gasteiger partial charge in [-0.2, -0.15) is 0 Å². The highest BCUT2D eigenvalue weighted by molar-refractivity contribution is 5.96. The number of allylic oxidation sites excluding steroid dienone is 1. The Bertz CT molecular complexity index is 397. The van der Waals surface area contributed by atoms with E-state index in [1.54, 1.807) is 12.2 Å². The van der Waals surface area contributed by atoms with Gasteiger partial charge in [-0.15, -0.1) is 6.58 Å². The standard InChI is InChI=1S/C14H19NO2/c1-3-8-15-9-4-6-14(13(15)17)7-5-12(16)10-11(14)2/h3,10H,1,4-9H2,2H3. The minimum absolute atomic E-state index is 0.154. The molecule has 0 aromatic rings. The molecule has 1 unspecified atom stereocenters. The van der Waals surface area contributed by atoms with Gasteiger partial charge in [0.1, 0.15) is 0 Å². The van der Waals surface area contributed by atoms with Crippen molar-refractivity contribution < 1.29 is 9.59 Å². The molecular formula is C14H19NO2. The van der Waals surface area contributed by atoms with Crippen LogP contribution in [0.3, 0.4) is 0 Å². The van der Waals surface area contributed by atoms with E-state index in [0.29, 0.717) is 19.4 Å². The van der Waals surface area contributed by atoms with Crippen LogP contribution in [0.15, 0.2) is 24.3 Å². The lowest BCUT2D eigenvalue weighted by Gasteiger charge is -2.43. The zero-order chi connectivity index (χ0) is 12.5. The summed E-state index contributed by atoms with van der Waals surface area (Å²) in [4.78, 5) is 25.8. The number of carbonyl (C=O) groups excluding carboxylic acids is 2. The smallest absolute Gasteiger partial charge is 0.233 e. The maximum absolute atomic E-state index is 12.5. The highest BCUT2D eigenvalue weighted by atomic mass is 16.2. The summed E-state index contributed by atoms with van der Waals surface area (Å²) in [7, 11) is 0. The molecule has 3 nitrogen and oxygen atoms in total. The predicted molar refractivity (Wildman–Crippen MR) is 66.4 cm³/mol. The first-order valence-electron chi connectivity index (χ1n) is 6.22. The number of carbonyl (C=O) groups is 2. The van der Waals surface area contributed by atoms with Gasteiger partial charge in [0.15, 0.2) is 5.78 Å². The van der Waals surface area contributed by atoms with E-state index in [1.807, 2.05) is 11.8 Å². The Kier molecular flexibility index (Phi) is 3.18. The lowest BCUT2D eigenvalue weighted by molar-refractivity contribution is -0.144. The molecule has 2 rings (SSSR count). The lowest BCUT2D eigenvalue weighted by atomic mass is 9.67. The largest absolute Gasteiger partial charge is 0.338 e. The SMILES string of the molecule is C=CCN1CCCC2(CCC(=O)C=C2C)C1=O. The number of hydrogen-bond donors (Lipinski definition) is 0. The Morgan fingerprint density at radius 1 is 1.47 bits per heavy atom.